The van der Waals surface area contributed by atoms with Crippen LogP contribution in [0.4, 0.5) is 0 Å². The SMILES string of the molecule is N#CC1CCC(OCBr)CC1. The summed E-state index contributed by atoms with van der Waals surface area (Å²) in [7, 11) is 0. The normalized spacial score (nSPS) is 31.3. The van der Waals surface area contributed by atoms with Crippen molar-refractivity contribution in [2.24, 2.45) is 5.92 Å². The van der Waals surface area contributed by atoms with Gasteiger partial charge in [0.2, 0.25) is 0 Å². The molecule has 0 aromatic rings. The van der Waals surface area contributed by atoms with Crippen LogP contribution in [0.25, 0.3) is 0 Å². The van der Waals surface area contributed by atoms with E-state index in [2.05, 4.69) is 22.0 Å². The Morgan fingerprint density at radius 1 is 1.36 bits per heavy atom. The maximum atomic E-state index is 8.61. The van der Waals surface area contributed by atoms with Crippen LogP contribution >= 0.6 is 15.9 Å². The van der Waals surface area contributed by atoms with Crippen molar-refractivity contribution in [2.45, 2.75) is 31.8 Å². The van der Waals surface area contributed by atoms with Gasteiger partial charge in [-0.2, -0.15) is 5.26 Å². The predicted molar refractivity (Wildman–Crippen MR) is 46.2 cm³/mol. The molecule has 0 radical (unpaired) electrons. The van der Waals surface area contributed by atoms with Gasteiger partial charge in [0.15, 0.2) is 0 Å². The van der Waals surface area contributed by atoms with Crippen molar-refractivity contribution in [3.05, 3.63) is 0 Å². The summed E-state index contributed by atoms with van der Waals surface area (Å²) in [4.78, 5) is 0. The minimum absolute atomic E-state index is 0.283. The maximum absolute atomic E-state index is 8.61. The molecule has 0 bridgehead atoms. The van der Waals surface area contributed by atoms with Crippen LogP contribution in [0.5, 0.6) is 0 Å². The van der Waals surface area contributed by atoms with Gasteiger partial charge in [0.1, 0.15) is 5.52 Å². The molecule has 0 atom stereocenters. The maximum Gasteiger partial charge on any atom is 0.102 e. The summed E-state index contributed by atoms with van der Waals surface area (Å²) in [5, 5.41) is 8.61. The van der Waals surface area contributed by atoms with E-state index in [0.29, 0.717) is 11.6 Å². The van der Waals surface area contributed by atoms with E-state index < -0.39 is 0 Å². The molecule has 0 amide bonds. The van der Waals surface area contributed by atoms with E-state index in [9.17, 15) is 0 Å². The van der Waals surface area contributed by atoms with Crippen LogP contribution in [0.15, 0.2) is 0 Å². The van der Waals surface area contributed by atoms with E-state index in [1.54, 1.807) is 0 Å². The third-order valence-electron chi connectivity index (χ3n) is 2.16. The monoisotopic (exact) mass is 217 g/mol. The van der Waals surface area contributed by atoms with Crippen molar-refractivity contribution in [2.75, 3.05) is 5.52 Å². The molecule has 0 aliphatic heterocycles. The summed E-state index contributed by atoms with van der Waals surface area (Å²) in [6.45, 7) is 0. The average molecular weight is 218 g/mol. The van der Waals surface area contributed by atoms with Crippen molar-refractivity contribution >= 4 is 15.9 Å². The molecule has 0 aromatic carbocycles. The Bertz CT molecular complexity index is 147. The minimum Gasteiger partial charge on any atom is -0.367 e. The Hall–Kier alpha value is -0.0700. The zero-order chi connectivity index (χ0) is 8.10. The van der Waals surface area contributed by atoms with E-state index >= 15 is 0 Å². The number of hydrogen-bond donors (Lipinski definition) is 0. The molecule has 11 heavy (non-hydrogen) atoms. The largest absolute Gasteiger partial charge is 0.367 e. The van der Waals surface area contributed by atoms with Crippen molar-refractivity contribution in [3.8, 4) is 6.07 Å². The number of nitrogens with zero attached hydrogens (tertiary/aromatic N) is 1. The Labute approximate surface area is 75.7 Å². The first-order chi connectivity index (χ1) is 5.36. The highest BCUT2D eigenvalue weighted by Gasteiger charge is 2.20. The summed E-state index contributed by atoms with van der Waals surface area (Å²) < 4.78 is 5.38. The lowest BCUT2D eigenvalue weighted by Gasteiger charge is -2.23. The summed E-state index contributed by atoms with van der Waals surface area (Å²) in [5.41, 5.74) is 0.620. The van der Waals surface area contributed by atoms with E-state index in [0.717, 1.165) is 25.7 Å². The molecule has 1 aliphatic carbocycles. The number of nitriles is 1. The summed E-state index contributed by atoms with van der Waals surface area (Å²) in [5.74, 6) is 0.283. The molecule has 0 unspecified atom stereocenters. The van der Waals surface area contributed by atoms with E-state index in [1.165, 1.54) is 0 Å². The van der Waals surface area contributed by atoms with Gasteiger partial charge in [-0.3, -0.25) is 0 Å². The molecule has 62 valence electrons. The number of rotatable bonds is 2. The number of hydrogen-bond acceptors (Lipinski definition) is 2. The molecule has 1 rings (SSSR count). The average Bonchev–Trinajstić information content (AvgIpc) is 2.07. The smallest absolute Gasteiger partial charge is 0.102 e. The quantitative estimate of drug-likeness (QED) is 0.667. The standard InChI is InChI=1S/C8H12BrNO/c9-6-11-8-3-1-7(5-10)2-4-8/h7-8H,1-4,6H2. The molecule has 1 saturated carbocycles. The molecule has 3 heteroatoms. The van der Waals surface area contributed by atoms with Crippen molar-refractivity contribution in [1.29, 1.82) is 5.26 Å². The third kappa shape index (κ3) is 2.80. The van der Waals surface area contributed by atoms with Crippen LogP contribution in [0.2, 0.25) is 0 Å². The fraction of sp³-hybridized carbons (Fsp3) is 0.875. The van der Waals surface area contributed by atoms with Gasteiger partial charge < -0.3 is 4.74 Å². The highest BCUT2D eigenvalue weighted by Crippen LogP contribution is 2.25. The third-order valence-corrected chi connectivity index (χ3v) is 2.42. The van der Waals surface area contributed by atoms with Crippen LogP contribution in [-0.2, 0) is 4.74 Å². The fourth-order valence-electron chi connectivity index (χ4n) is 1.45. The van der Waals surface area contributed by atoms with Crippen LogP contribution in [0, 0.1) is 17.2 Å². The molecule has 1 fully saturated rings. The Balaban J connectivity index is 2.20. The molecular formula is C8H12BrNO. The van der Waals surface area contributed by atoms with Gasteiger partial charge in [0, 0.05) is 5.92 Å². The lowest BCUT2D eigenvalue weighted by Crippen LogP contribution is -2.20. The van der Waals surface area contributed by atoms with E-state index in [4.69, 9.17) is 10.00 Å². The first-order valence-electron chi connectivity index (χ1n) is 3.94. The highest BCUT2D eigenvalue weighted by atomic mass is 79.9. The molecular weight excluding hydrogens is 206 g/mol. The van der Waals surface area contributed by atoms with Gasteiger partial charge in [0.05, 0.1) is 12.2 Å². The zero-order valence-electron chi connectivity index (χ0n) is 6.42. The molecule has 0 N–H and O–H groups in total. The summed E-state index contributed by atoms with van der Waals surface area (Å²) >= 11 is 3.23. The lowest BCUT2D eigenvalue weighted by molar-refractivity contribution is 0.0554. The van der Waals surface area contributed by atoms with Crippen molar-refractivity contribution in [1.82, 2.24) is 0 Å². The second-order valence-corrected chi connectivity index (χ2v) is 3.34. The van der Waals surface area contributed by atoms with Gasteiger partial charge >= 0.3 is 0 Å². The number of halogens is 1. The first-order valence-corrected chi connectivity index (χ1v) is 5.06. The van der Waals surface area contributed by atoms with Gasteiger partial charge in [0.25, 0.3) is 0 Å². The number of alkyl halides is 1. The van der Waals surface area contributed by atoms with Crippen molar-refractivity contribution < 1.29 is 4.74 Å². The van der Waals surface area contributed by atoms with Gasteiger partial charge in [-0.15, -0.1) is 0 Å². The second kappa shape index (κ2) is 4.74. The molecule has 0 heterocycles. The summed E-state index contributed by atoms with van der Waals surface area (Å²) in [6.07, 6.45) is 4.50. The molecule has 1 aliphatic rings. The van der Waals surface area contributed by atoms with Crippen LogP contribution in [0.3, 0.4) is 0 Å². The van der Waals surface area contributed by atoms with E-state index in [1.807, 2.05) is 0 Å². The summed E-state index contributed by atoms with van der Waals surface area (Å²) in [6, 6.07) is 2.30. The zero-order valence-corrected chi connectivity index (χ0v) is 8.01. The minimum atomic E-state index is 0.283. The van der Waals surface area contributed by atoms with Gasteiger partial charge in [-0.05, 0) is 25.7 Å². The van der Waals surface area contributed by atoms with Gasteiger partial charge in [-0.25, -0.2) is 0 Å². The Kier molecular flexibility index (Phi) is 3.88. The van der Waals surface area contributed by atoms with Gasteiger partial charge in [-0.1, -0.05) is 15.9 Å². The van der Waals surface area contributed by atoms with Crippen LogP contribution in [0.1, 0.15) is 25.7 Å². The second-order valence-electron chi connectivity index (χ2n) is 2.88. The Morgan fingerprint density at radius 2 is 2.00 bits per heavy atom. The van der Waals surface area contributed by atoms with Crippen LogP contribution < -0.4 is 0 Å². The Morgan fingerprint density at radius 3 is 2.45 bits per heavy atom. The molecule has 2 nitrogen and oxygen atoms in total. The molecule has 0 spiro atoms. The molecule has 0 saturated heterocycles. The first kappa shape index (κ1) is 9.02. The predicted octanol–water partition coefficient (Wildman–Crippen LogP) is 2.44. The topological polar surface area (TPSA) is 33.0 Å². The lowest BCUT2D eigenvalue weighted by atomic mass is 9.88. The molecule has 0 aromatic heterocycles. The van der Waals surface area contributed by atoms with Crippen LogP contribution in [-0.4, -0.2) is 11.6 Å². The van der Waals surface area contributed by atoms with E-state index in [-0.39, 0.29) is 5.92 Å². The fourth-order valence-corrected chi connectivity index (χ4v) is 1.82. The number of ether oxygens (including phenoxy) is 1. The highest BCUT2D eigenvalue weighted by molar-refractivity contribution is 9.09. The van der Waals surface area contributed by atoms with Crippen molar-refractivity contribution in [3.63, 3.8) is 0 Å².